The maximum Gasteiger partial charge on any atom is -0.0236 e. The second-order valence-electron chi connectivity index (χ2n) is 6.44. The van der Waals surface area contributed by atoms with E-state index in [9.17, 15) is 0 Å². The van der Waals surface area contributed by atoms with Gasteiger partial charge in [0, 0.05) is 0 Å². The zero-order valence-corrected chi connectivity index (χ0v) is 14.8. The molecule has 0 nitrogen and oxygen atoms in total. The summed E-state index contributed by atoms with van der Waals surface area (Å²) in [4.78, 5) is 0. The van der Waals surface area contributed by atoms with Crippen LogP contribution in [-0.2, 0) is 0 Å². The lowest BCUT2D eigenvalue weighted by atomic mass is 9.92. The maximum atomic E-state index is 2.50. The lowest BCUT2D eigenvalue weighted by Crippen LogP contribution is -1.99. The zero-order valence-electron chi connectivity index (χ0n) is 14.8. The van der Waals surface area contributed by atoms with Gasteiger partial charge < -0.3 is 0 Å². The van der Waals surface area contributed by atoms with Crippen molar-refractivity contribution >= 4 is 0 Å². The summed E-state index contributed by atoms with van der Waals surface area (Å²) in [5.74, 6) is 1.80. The third-order valence-corrected chi connectivity index (χ3v) is 4.65. The molecule has 0 aromatic carbocycles. The van der Waals surface area contributed by atoms with Gasteiger partial charge in [-0.25, -0.2) is 0 Å². The van der Waals surface area contributed by atoms with Crippen molar-refractivity contribution in [2.45, 2.75) is 105 Å². The van der Waals surface area contributed by atoms with Crippen LogP contribution < -0.4 is 0 Å². The SMILES string of the molecule is CCCCCCC(CC)CC/C=C/C(CC)CCCC. The van der Waals surface area contributed by atoms with Crippen LogP contribution in [0.5, 0.6) is 0 Å². The Bertz CT molecular complexity index is 204. The van der Waals surface area contributed by atoms with Crippen molar-refractivity contribution < 1.29 is 0 Å². The molecular weight excluding hydrogens is 240 g/mol. The monoisotopic (exact) mass is 280 g/mol. The molecule has 0 heterocycles. The summed E-state index contributed by atoms with van der Waals surface area (Å²) in [6, 6.07) is 0. The minimum atomic E-state index is 0.833. The molecular formula is C20H40. The Morgan fingerprint density at radius 1 is 0.700 bits per heavy atom. The number of rotatable bonds is 14. The van der Waals surface area contributed by atoms with E-state index in [2.05, 4.69) is 39.8 Å². The maximum absolute atomic E-state index is 2.50. The second-order valence-corrected chi connectivity index (χ2v) is 6.44. The molecule has 0 N–H and O–H groups in total. The fraction of sp³-hybridized carbons (Fsp3) is 0.900. The van der Waals surface area contributed by atoms with Crippen LogP contribution in [0.15, 0.2) is 12.2 Å². The molecule has 0 fully saturated rings. The van der Waals surface area contributed by atoms with Crippen LogP contribution in [0, 0.1) is 11.8 Å². The van der Waals surface area contributed by atoms with E-state index in [4.69, 9.17) is 0 Å². The Morgan fingerprint density at radius 2 is 1.45 bits per heavy atom. The van der Waals surface area contributed by atoms with E-state index in [-0.39, 0.29) is 0 Å². The van der Waals surface area contributed by atoms with Gasteiger partial charge in [0.15, 0.2) is 0 Å². The summed E-state index contributed by atoms with van der Waals surface area (Å²) in [5, 5.41) is 0. The molecule has 0 aromatic rings. The van der Waals surface area contributed by atoms with Crippen LogP contribution >= 0.6 is 0 Å². The fourth-order valence-corrected chi connectivity index (χ4v) is 2.94. The minimum absolute atomic E-state index is 0.833. The highest BCUT2D eigenvalue weighted by Gasteiger charge is 2.05. The van der Waals surface area contributed by atoms with E-state index >= 15 is 0 Å². The topological polar surface area (TPSA) is 0 Å². The first kappa shape index (κ1) is 19.7. The molecule has 0 rings (SSSR count). The first-order valence-corrected chi connectivity index (χ1v) is 9.44. The second kappa shape index (κ2) is 15.1. The lowest BCUT2D eigenvalue weighted by Gasteiger charge is -2.14. The predicted molar refractivity (Wildman–Crippen MR) is 94.2 cm³/mol. The van der Waals surface area contributed by atoms with E-state index in [1.54, 1.807) is 0 Å². The van der Waals surface area contributed by atoms with E-state index < -0.39 is 0 Å². The minimum Gasteiger partial charge on any atom is -0.0882 e. The Morgan fingerprint density at radius 3 is 2.05 bits per heavy atom. The van der Waals surface area contributed by atoms with Gasteiger partial charge in [-0.2, -0.15) is 0 Å². The third-order valence-electron chi connectivity index (χ3n) is 4.65. The normalized spacial score (nSPS) is 14.8. The average Bonchev–Trinajstić information content (AvgIpc) is 2.48. The lowest BCUT2D eigenvalue weighted by molar-refractivity contribution is 0.416. The van der Waals surface area contributed by atoms with Crippen LogP contribution in [0.1, 0.15) is 105 Å². The van der Waals surface area contributed by atoms with Crippen molar-refractivity contribution in [3.63, 3.8) is 0 Å². The van der Waals surface area contributed by atoms with Gasteiger partial charge in [0.05, 0.1) is 0 Å². The number of hydrogen-bond acceptors (Lipinski definition) is 0. The van der Waals surface area contributed by atoms with Gasteiger partial charge in [0.2, 0.25) is 0 Å². The van der Waals surface area contributed by atoms with Crippen LogP contribution in [0.4, 0.5) is 0 Å². The van der Waals surface area contributed by atoms with Crippen molar-refractivity contribution in [3.05, 3.63) is 12.2 Å². The van der Waals surface area contributed by atoms with Gasteiger partial charge in [-0.3, -0.25) is 0 Å². The first-order chi connectivity index (χ1) is 9.78. The zero-order chi connectivity index (χ0) is 15.1. The summed E-state index contributed by atoms with van der Waals surface area (Å²) in [6.07, 6.45) is 21.6. The Balaban J connectivity index is 3.75. The molecule has 0 bridgehead atoms. The summed E-state index contributed by atoms with van der Waals surface area (Å²) in [6.45, 7) is 9.28. The van der Waals surface area contributed by atoms with Gasteiger partial charge in [-0.15, -0.1) is 0 Å². The molecule has 0 aliphatic rings. The van der Waals surface area contributed by atoms with Crippen molar-refractivity contribution in [2.75, 3.05) is 0 Å². The van der Waals surface area contributed by atoms with Crippen LogP contribution in [0.2, 0.25) is 0 Å². The molecule has 0 aromatic heterocycles. The van der Waals surface area contributed by atoms with Crippen LogP contribution in [-0.4, -0.2) is 0 Å². The highest BCUT2D eigenvalue weighted by atomic mass is 14.1. The van der Waals surface area contributed by atoms with Gasteiger partial charge in [0.1, 0.15) is 0 Å². The smallest absolute Gasteiger partial charge is 0.0236 e. The molecule has 0 heteroatoms. The van der Waals surface area contributed by atoms with E-state index in [1.807, 2.05) is 0 Å². The highest BCUT2D eigenvalue weighted by Crippen LogP contribution is 2.20. The molecule has 0 saturated heterocycles. The summed E-state index contributed by atoms with van der Waals surface area (Å²) in [5.41, 5.74) is 0. The summed E-state index contributed by atoms with van der Waals surface area (Å²) in [7, 11) is 0. The van der Waals surface area contributed by atoms with Crippen molar-refractivity contribution in [1.29, 1.82) is 0 Å². The van der Waals surface area contributed by atoms with Crippen molar-refractivity contribution in [2.24, 2.45) is 11.8 Å². The van der Waals surface area contributed by atoms with E-state index in [1.165, 1.54) is 77.0 Å². The molecule has 0 aliphatic heterocycles. The number of allylic oxidation sites excluding steroid dienone is 2. The molecule has 120 valence electrons. The van der Waals surface area contributed by atoms with Crippen LogP contribution in [0.3, 0.4) is 0 Å². The molecule has 0 saturated carbocycles. The van der Waals surface area contributed by atoms with Gasteiger partial charge in [-0.05, 0) is 37.5 Å². The predicted octanol–water partition coefficient (Wildman–Crippen LogP) is 7.54. The summed E-state index contributed by atoms with van der Waals surface area (Å²) >= 11 is 0. The molecule has 20 heavy (non-hydrogen) atoms. The summed E-state index contributed by atoms with van der Waals surface area (Å²) < 4.78 is 0. The van der Waals surface area contributed by atoms with Crippen molar-refractivity contribution in [1.82, 2.24) is 0 Å². The average molecular weight is 281 g/mol. The quantitative estimate of drug-likeness (QED) is 0.228. The molecule has 0 radical (unpaired) electrons. The first-order valence-electron chi connectivity index (χ1n) is 9.44. The van der Waals surface area contributed by atoms with Gasteiger partial charge >= 0.3 is 0 Å². The highest BCUT2D eigenvalue weighted by molar-refractivity contribution is 4.88. The van der Waals surface area contributed by atoms with Crippen molar-refractivity contribution in [3.8, 4) is 0 Å². The van der Waals surface area contributed by atoms with Crippen LogP contribution in [0.25, 0.3) is 0 Å². The van der Waals surface area contributed by atoms with Gasteiger partial charge in [0.25, 0.3) is 0 Å². The molecule has 0 aliphatic carbocycles. The number of hydrogen-bond donors (Lipinski definition) is 0. The standard InChI is InChI=1S/C20H40/c1-5-9-11-12-16-20(8-4)18-14-13-17-19(7-3)15-10-6-2/h13,17,19-20H,5-12,14-16,18H2,1-4H3/b17-13+. The third kappa shape index (κ3) is 11.6. The Labute approximate surface area is 129 Å². The molecule has 2 atom stereocenters. The molecule has 0 spiro atoms. The fourth-order valence-electron chi connectivity index (χ4n) is 2.94. The van der Waals surface area contributed by atoms with Gasteiger partial charge in [-0.1, -0.05) is 91.2 Å². The van der Waals surface area contributed by atoms with E-state index in [0.717, 1.165) is 11.8 Å². The Kier molecular flexibility index (Phi) is 14.9. The largest absolute Gasteiger partial charge is 0.0882 e. The number of unbranched alkanes of at least 4 members (excludes halogenated alkanes) is 4. The van der Waals surface area contributed by atoms with E-state index in [0.29, 0.717) is 0 Å². The molecule has 0 amide bonds. The Hall–Kier alpha value is -0.260. The molecule has 2 unspecified atom stereocenters.